The van der Waals surface area contributed by atoms with Crippen LogP contribution < -0.4 is 16.0 Å². The summed E-state index contributed by atoms with van der Waals surface area (Å²) in [5, 5.41) is 10.9. The van der Waals surface area contributed by atoms with E-state index in [0.717, 1.165) is 16.3 Å². The minimum absolute atomic E-state index is 0.0739. The fourth-order valence-corrected chi connectivity index (χ4v) is 3.23. The second-order valence-electron chi connectivity index (χ2n) is 7.02. The zero-order valence-electron chi connectivity index (χ0n) is 16.4. The highest BCUT2D eigenvalue weighted by molar-refractivity contribution is 7.80. The van der Waals surface area contributed by atoms with Gasteiger partial charge < -0.3 is 16.0 Å². The molecule has 0 aliphatic rings. The molecule has 5 nitrogen and oxygen atoms in total. The Bertz CT molecular complexity index is 1040. The Kier molecular flexibility index (Phi) is 6.57. The van der Waals surface area contributed by atoms with Crippen molar-refractivity contribution in [3.05, 3.63) is 77.9 Å². The van der Waals surface area contributed by atoms with E-state index in [4.69, 9.17) is 12.2 Å². The van der Waals surface area contributed by atoms with Crippen molar-refractivity contribution in [2.24, 2.45) is 0 Å². The van der Waals surface area contributed by atoms with Crippen LogP contribution in [0.4, 0.5) is 5.69 Å². The van der Waals surface area contributed by atoms with Crippen LogP contribution in [0.3, 0.4) is 0 Å². The molecule has 6 heteroatoms. The van der Waals surface area contributed by atoms with Crippen molar-refractivity contribution in [1.29, 1.82) is 0 Å². The Balaban J connectivity index is 1.57. The van der Waals surface area contributed by atoms with Crippen molar-refractivity contribution in [3.8, 4) is 0 Å². The van der Waals surface area contributed by atoms with Gasteiger partial charge in [-0.2, -0.15) is 0 Å². The first-order valence-electron chi connectivity index (χ1n) is 9.41. The second-order valence-corrected chi connectivity index (χ2v) is 7.43. The number of rotatable bonds is 5. The summed E-state index contributed by atoms with van der Waals surface area (Å²) in [7, 11) is 0. The van der Waals surface area contributed by atoms with E-state index in [-0.39, 0.29) is 29.4 Å². The molecule has 0 aromatic heterocycles. The summed E-state index contributed by atoms with van der Waals surface area (Å²) in [6.07, 6.45) is 0.234. The molecule has 0 spiro atoms. The minimum atomic E-state index is -0.188. The molecule has 0 fully saturated rings. The van der Waals surface area contributed by atoms with Gasteiger partial charge in [0.2, 0.25) is 5.91 Å². The van der Waals surface area contributed by atoms with Gasteiger partial charge in [-0.1, -0.05) is 42.5 Å². The summed E-state index contributed by atoms with van der Waals surface area (Å²) < 4.78 is 0. The van der Waals surface area contributed by atoms with Gasteiger partial charge in [0, 0.05) is 17.3 Å². The van der Waals surface area contributed by atoms with Crippen LogP contribution in [-0.4, -0.2) is 23.0 Å². The number of fused-ring (bicyclic) bond motifs is 1. The molecule has 0 atom stereocenters. The maximum atomic E-state index is 12.4. The molecular weight excluding hydrogens is 382 g/mol. The highest BCUT2D eigenvalue weighted by Gasteiger charge is 2.10. The van der Waals surface area contributed by atoms with E-state index >= 15 is 0 Å². The third-order valence-corrected chi connectivity index (χ3v) is 4.51. The predicted octanol–water partition coefficient (Wildman–Crippen LogP) is 4.03. The standard InChI is InChI=1S/C23H23N3O2S/c1-15(2)24-22(28)17-10-12-19(13-11-17)25-23(29)26-21(27)14-18-8-5-7-16-6-3-4-9-20(16)18/h3-13,15H,14H2,1-2H3,(H,24,28)(H2,25,26,27,29). The number of thiocarbonyl (C=S) groups is 1. The summed E-state index contributed by atoms with van der Waals surface area (Å²) in [4.78, 5) is 24.4. The van der Waals surface area contributed by atoms with E-state index in [1.165, 1.54) is 0 Å². The average molecular weight is 406 g/mol. The minimum Gasteiger partial charge on any atom is -0.350 e. The Morgan fingerprint density at radius 3 is 2.34 bits per heavy atom. The molecule has 29 heavy (non-hydrogen) atoms. The molecule has 0 radical (unpaired) electrons. The number of hydrogen-bond acceptors (Lipinski definition) is 3. The molecule has 0 aliphatic heterocycles. The van der Waals surface area contributed by atoms with Crippen LogP contribution in [0.5, 0.6) is 0 Å². The Morgan fingerprint density at radius 1 is 0.931 bits per heavy atom. The van der Waals surface area contributed by atoms with E-state index < -0.39 is 0 Å². The van der Waals surface area contributed by atoms with E-state index in [1.54, 1.807) is 24.3 Å². The van der Waals surface area contributed by atoms with Crippen molar-refractivity contribution in [2.45, 2.75) is 26.3 Å². The van der Waals surface area contributed by atoms with Crippen LogP contribution in [0, 0.1) is 0 Å². The quantitative estimate of drug-likeness (QED) is 0.561. The summed E-state index contributed by atoms with van der Waals surface area (Å²) in [5.41, 5.74) is 2.21. The Morgan fingerprint density at radius 2 is 1.62 bits per heavy atom. The topological polar surface area (TPSA) is 70.2 Å². The summed E-state index contributed by atoms with van der Waals surface area (Å²) >= 11 is 5.24. The van der Waals surface area contributed by atoms with Crippen molar-refractivity contribution < 1.29 is 9.59 Å². The highest BCUT2D eigenvalue weighted by Crippen LogP contribution is 2.19. The second kappa shape index (κ2) is 9.30. The molecule has 0 bridgehead atoms. The number of carbonyl (C=O) groups excluding carboxylic acids is 2. The van der Waals surface area contributed by atoms with Gasteiger partial charge in [0.15, 0.2) is 5.11 Å². The Labute approximate surface area is 175 Å². The third-order valence-electron chi connectivity index (χ3n) is 4.31. The predicted molar refractivity (Wildman–Crippen MR) is 121 cm³/mol. The smallest absolute Gasteiger partial charge is 0.251 e. The van der Waals surface area contributed by atoms with Crippen molar-refractivity contribution in [2.75, 3.05) is 5.32 Å². The van der Waals surface area contributed by atoms with Gasteiger partial charge in [-0.05, 0) is 66.7 Å². The lowest BCUT2D eigenvalue weighted by Crippen LogP contribution is -2.35. The van der Waals surface area contributed by atoms with Gasteiger partial charge in [-0.15, -0.1) is 0 Å². The molecule has 0 saturated heterocycles. The van der Waals surface area contributed by atoms with Gasteiger partial charge >= 0.3 is 0 Å². The zero-order chi connectivity index (χ0) is 20.8. The molecule has 0 unspecified atom stereocenters. The normalized spacial score (nSPS) is 10.6. The number of hydrogen-bond donors (Lipinski definition) is 3. The number of nitrogens with one attached hydrogen (secondary N) is 3. The third kappa shape index (κ3) is 5.62. The molecule has 2 amide bonds. The van der Waals surface area contributed by atoms with Crippen LogP contribution in [0.2, 0.25) is 0 Å². The van der Waals surface area contributed by atoms with Gasteiger partial charge in [-0.25, -0.2) is 0 Å². The van der Waals surface area contributed by atoms with E-state index in [1.807, 2.05) is 56.3 Å². The van der Waals surface area contributed by atoms with Crippen LogP contribution in [0.25, 0.3) is 10.8 Å². The maximum absolute atomic E-state index is 12.4. The van der Waals surface area contributed by atoms with Crippen LogP contribution in [-0.2, 0) is 11.2 Å². The maximum Gasteiger partial charge on any atom is 0.251 e. The molecular formula is C23H23N3O2S. The number of amides is 2. The average Bonchev–Trinajstić information content (AvgIpc) is 2.68. The monoisotopic (exact) mass is 405 g/mol. The largest absolute Gasteiger partial charge is 0.350 e. The van der Waals surface area contributed by atoms with Gasteiger partial charge in [0.25, 0.3) is 5.91 Å². The van der Waals surface area contributed by atoms with Crippen LogP contribution >= 0.6 is 12.2 Å². The van der Waals surface area contributed by atoms with Gasteiger partial charge in [0.1, 0.15) is 0 Å². The first kappa shape index (κ1) is 20.5. The molecule has 3 N–H and O–H groups in total. The first-order chi connectivity index (χ1) is 13.9. The highest BCUT2D eigenvalue weighted by atomic mass is 32.1. The fraction of sp³-hybridized carbons (Fsp3) is 0.174. The molecule has 3 rings (SSSR count). The number of benzene rings is 3. The Hall–Kier alpha value is -3.25. The summed E-state index contributed by atoms with van der Waals surface area (Å²) in [6, 6.07) is 20.9. The van der Waals surface area contributed by atoms with E-state index in [9.17, 15) is 9.59 Å². The molecule has 0 saturated carbocycles. The first-order valence-corrected chi connectivity index (χ1v) is 9.81. The fourth-order valence-electron chi connectivity index (χ4n) is 3.00. The lowest BCUT2D eigenvalue weighted by Gasteiger charge is -2.12. The molecule has 3 aromatic carbocycles. The summed E-state index contributed by atoms with van der Waals surface area (Å²) in [6.45, 7) is 3.82. The molecule has 3 aromatic rings. The van der Waals surface area contributed by atoms with Crippen molar-refractivity contribution in [1.82, 2.24) is 10.6 Å². The van der Waals surface area contributed by atoms with Gasteiger partial charge in [-0.3, -0.25) is 9.59 Å². The van der Waals surface area contributed by atoms with Crippen molar-refractivity contribution in [3.63, 3.8) is 0 Å². The molecule has 0 aliphatic carbocycles. The lowest BCUT2D eigenvalue weighted by molar-refractivity contribution is -0.119. The summed E-state index contributed by atoms with van der Waals surface area (Å²) in [5.74, 6) is -0.315. The van der Waals surface area contributed by atoms with E-state index in [0.29, 0.717) is 11.3 Å². The zero-order valence-corrected chi connectivity index (χ0v) is 17.2. The number of carbonyl (C=O) groups is 2. The van der Waals surface area contributed by atoms with Gasteiger partial charge in [0.05, 0.1) is 6.42 Å². The van der Waals surface area contributed by atoms with Crippen LogP contribution in [0.1, 0.15) is 29.8 Å². The van der Waals surface area contributed by atoms with Crippen LogP contribution in [0.15, 0.2) is 66.7 Å². The van der Waals surface area contributed by atoms with E-state index in [2.05, 4.69) is 16.0 Å². The molecule has 148 valence electrons. The number of anilines is 1. The SMILES string of the molecule is CC(C)NC(=O)c1ccc(NC(=S)NC(=O)Cc2cccc3ccccc23)cc1. The lowest BCUT2D eigenvalue weighted by atomic mass is 10.0. The molecule has 0 heterocycles. The van der Waals surface area contributed by atoms with Crippen molar-refractivity contribution >= 4 is 45.6 Å².